The molecule has 0 bridgehead atoms. The van der Waals surface area contributed by atoms with Crippen molar-refractivity contribution >= 4 is 27.9 Å². The molecule has 0 radical (unpaired) electrons. The minimum absolute atomic E-state index is 0.0121. The Labute approximate surface area is 253 Å². The molecule has 0 aliphatic heterocycles. The molecule has 3 aromatic heterocycles. The number of aromatic nitrogens is 5. The number of H-pyrrole nitrogens is 1. The number of nitrogen functional groups attached to an aromatic ring is 1. The van der Waals surface area contributed by atoms with Gasteiger partial charge in [-0.1, -0.05) is 33.3 Å². The van der Waals surface area contributed by atoms with E-state index in [1.807, 2.05) is 16.8 Å². The smallest absolute Gasteiger partial charge is 0.145 e. The van der Waals surface area contributed by atoms with Crippen molar-refractivity contribution < 1.29 is 10.2 Å². The molecule has 3 heterocycles. The molecule has 230 valence electrons. The fourth-order valence-corrected chi connectivity index (χ4v) is 7.94. The van der Waals surface area contributed by atoms with Crippen LogP contribution in [0.15, 0.2) is 36.8 Å². The number of hydrogen-bond donors (Lipinski definition) is 5. The molecule has 3 fully saturated rings. The molecule has 0 saturated heterocycles. The summed E-state index contributed by atoms with van der Waals surface area (Å²) >= 11 is 0. The molecule has 1 unspecified atom stereocenters. The summed E-state index contributed by atoms with van der Waals surface area (Å²) in [7, 11) is 0. The molecule has 3 saturated carbocycles. The van der Waals surface area contributed by atoms with Gasteiger partial charge in [-0.15, -0.1) is 0 Å². The normalized spacial score (nSPS) is 28.8. The van der Waals surface area contributed by atoms with Crippen LogP contribution in [0, 0.1) is 23.7 Å². The van der Waals surface area contributed by atoms with Crippen molar-refractivity contribution in [3.05, 3.63) is 48.2 Å². The van der Waals surface area contributed by atoms with E-state index in [2.05, 4.69) is 59.2 Å². The summed E-state index contributed by atoms with van der Waals surface area (Å²) in [5, 5.41) is 26.8. The first-order valence-electron chi connectivity index (χ1n) is 16.3. The summed E-state index contributed by atoms with van der Waals surface area (Å²) in [5.41, 5.74) is 10.4. The van der Waals surface area contributed by atoms with Crippen LogP contribution in [-0.2, 0) is 11.8 Å². The highest BCUT2D eigenvalue weighted by Crippen LogP contribution is 2.45. The minimum atomic E-state index is -0.841. The minimum Gasteiger partial charge on any atom is -0.390 e. The average molecular weight is 586 g/mol. The highest BCUT2D eigenvalue weighted by atomic mass is 16.3. The van der Waals surface area contributed by atoms with Crippen molar-refractivity contribution in [3.63, 3.8) is 0 Å². The van der Waals surface area contributed by atoms with Gasteiger partial charge in [0, 0.05) is 31.1 Å². The van der Waals surface area contributed by atoms with Gasteiger partial charge in [0.25, 0.3) is 0 Å². The van der Waals surface area contributed by atoms with E-state index in [0.29, 0.717) is 29.8 Å². The van der Waals surface area contributed by atoms with E-state index in [1.165, 1.54) is 50.4 Å². The average Bonchev–Trinajstić information content (AvgIpc) is 3.60. The number of fused-ring (bicyclic) bond motifs is 2. The lowest BCUT2D eigenvalue weighted by Crippen LogP contribution is -2.51. The van der Waals surface area contributed by atoms with Gasteiger partial charge < -0.3 is 30.8 Å². The lowest BCUT2D eigenvalue weighted by molar-refractivity contribution is 0.00353. The van der Waals surface area contributed by atoms with Crippen LogP contribution in [0.4, 0.5) is 5.82 Å². The Balaban J connectivity index is 0.941. The Morgan fingerprint density at radius 2 is 1.88 bits per heavy atom. The van der Waals surface area contributed by atoms with Crippen molar-refractivity contribution in [2.24, 2.45) is 23.7 Å². The third-order valence-corrected chi connectivity index (χ3v) is 10.9. The Kier molecular flexibility index (Phi) is 7.46. The lowest BCUT2D eigenvalue weighted by atomic mass is 9.63. The van der Waals surface area contributed by atoms with E-state index in [-0.39, 0.29) is 17.4 Å². The first-order valence-corrected chi connectivity index (χ1v) is 16.3. The molecular weight excluding hydrogens is 538 g/mol. The molecule has 1 aromatic carbocycles. The molecule has 6 N–H and O–H groups in total. The molecule has 43 heavy (non-hydrogen) atoms. The number of benzene rings is 1. The first kappa shape index (κ1) is 28.7. The van der Waals surface area contributed by atoms with Gasteiger partial charge in [0.15, 0.2) is 0 Å². The maximum Gasteiger partial charge on any atom is 0.145 e. The fourth-order valence-electron chi connectivity index (χ4n) is 7.94. The second-order valence-electron chi connectivity index (χ2n) is 14.7. The zero-order valence-corrected chi connectivity index (χ0v) is 25.7. The van der Waals surface area contributed by atoms with Crippen molar-refractivity contribution in [3.8, 4) is 0 Å². The standard InChI is InChI=1S/C34H47N7O2/c1-34(2,3)23-8-9-25-26(16-23)40-28(39-25)10-7-19-13-21(14-19)29(20-5-4-6-20)36-17-22-15-27(31(43)30(22)42)41-12-11-24-32(35)37-18-38-33(24)41/h8-9,11-12,16,18-22,27,29-31,36,42-43H,4-7,10,13-15,17H2,1-3H3,(H,39,40)(H2,35,37,38)/t19?,21?,22-,27-,29?,30-,31+/m1/s1. The summed E-state index contributed by atoms with van der Waals surface area (Å²) in [6.45, 7) is 7.47. The van der Waals surface area contributed by atoms with Crippen LogP contribution in [0.3, 0.4) is 0 Å². The highest BCUT2D eigenvalue weighted by Gasteiger charge is 2.45. The van der Waals surface area contributed by atoms with Gasteiger partial charge >= 0.3 is 0 Å². The number of aliphatic hydroxyl groups is 2. The molecular formula is C34H47N7O2. The zero-order chi connectivity index (χ0) is 29.9. The number of nitrogens with two attached hydrogens (primary N) is 1. The molecule has 9 nitrogen and oxygen atoms in total. The van der Waals surface area contributed by atoms with Crippen LogP contribution < -0.4 is 11.1 Å². The van der Waals surface area contributed by atoms with Gasteiger partial charge in [-0.25, -0.2) is 15.0 Å². The van der Waals surface area contributed by atoms with Gasteiger partial charge in [-0.2, -0.15) is 0 Å². The van der Waals surface area contributed by atoms with Gasteiger partial charge in [0.05, 0.1) is 28.6 Å². The van der Waals surface area contributed by atoms with Gasteiger partial charge in [0.2, 0.25) is 0 Å². The largest absolute Gasteiger partial charge is 0.390 e. The second-order valence-corrected chi connectivity index (χ2v) is 14.7. The van der Waals surface area contributed by atoms with Crippen molar-refractivity contribution in [2.75, 3.05) is 12.3 Å². The van der Waals surface area contributed by atoms with Crippen LogP contribution in [0.25, 0.3) is 22.1 Å². The van der Waals surface area contributed by atoms with Crippen LogP contribution >= 0.6 is 0 Å². The SMILES string of the molecule is CC(C)(C)c1ccc2nc(CCC3CC(C(NC[C@H]4C[C@@H](n5ccc6c(N)ncnc65)[C@H](O)[C@@H]4O)C4CCC4)C3)[nH]c2c1. The topological polar surface area (TPSA) is 138 Å². The summed E-state index contributed by atoms with van der Waals surface area (Å²) in [6, 6.07) is 8.77. The Morgan fingerprint density at radius 3 is 2.63 bits per heavy atom. The summed E-state index contributed by atoms with van der Waals surface area (Å²) < 4.78 is 1.96. The van der Waals surface area contributed by atoms with E-state index in [0.717, 1.165) is 47.0 Å². The Bertz CT molecular complexity index is 1580. The molecule has 0 spiro atoms. The van der Waals surface area contributed by atoms with Crippen LogP contribution in [0.5, 0.6) is 0 Å². The zero-order valence-electron chi connectivity index (χ0n) is 25.7. The number of aliphatic hydroxyl groups excluding tert-OH is 2. The quantitative estimate of drug-likeness (QED) is 0.189. The van der Waals surface area contributed by atoms with Crippen molar-refractivity contribution in [2.45, 2.75) is 102 Å². The summed E-state index contributed by atoms with van der Waals surface area (Å²) in [4.78, 5) is 17.0. The summed E-state index contributed by atoms with van der Waals surface area (Å²) in [6.07, 6.45) is 11.1. The van der Waals surface area contributed by atoms with E-state index in [4.69, 9.17) is 10.7 Å². The van der Waals surface area contributed by atoms with Crippen molar-refractivity contribution in [1.29, 1.82) is 0 Å². The molecule has 5 atom stereocenters. The Hall–Kier alpha value is -3.01. The number of hydrogen-bond acceptors (Lipinski definition) is 7. The predicted octanol–water partition coefficient (Wildman–Crippen LogP) is 4.89. The molecule has 4 aromatic rings. The molecule has 0 amide bonds. The number of anilines is 1. The van der Waals surface area contributed by atoms with Crippen LogP contribution in [-0.4, -0.2) is 59.5 Å². The number of rotatable bonds is 9. The third-order valence-electron chi connectivity index (χ3n) is 10.9. The summed E-state index contributed by atoms with van der Waals surface area (Å²) in [5.74, 6) is 3.68. The van der Waals surface area contributed by atoms with Crippen LogP contribution in [0.1, 0.15) is 83.1 Å². The molecule has 3 aliphatic carbocycles. The van der Waals surface area contributed by atoms with Crippen molar-refractivity contribution in [1.82, 2.24) is 29.8 Å². The van der Waals surface area contributed by atoms with E-state index >= 15 is 0 Å². The van der Waals surface area contributed by atoms with Crippen LogP contribution in [0.2, 0.25) is 0 Å². The maximum atomic E-state index is 11.0. The number of aromatic amines is 1. The molecule has 3 aliphatic rings. The predicted molar refractivity (Wildman–Crippen MR) is 170 cm³/mol. The van der Waals surface area contributed by atoms with Gasteiger partial charge in [-0.05, 0) is 85.5 Å². The monoisotopic (exact) mass is 585 g/mol. The fraction of sp³-hybridized carbons (Fsp3) is 0.618. The Morgan fingerprint density at radius 1 is 1.07 bits per heavy atom. The van der Waals surface area contributed by atoms with Gasteiger partial charge in [0.1, 0.15) is 29.7 Å². The molecule has 9 heteroatoms. The highest BCUT2D eigenvalue weighted by molar-refractivity contribution is 5.86. The number of nitrogens with zero attached hydrogens (tertiary/aromatic N) is 4. The third kappa shape index (κ3) is 5.44. The number of nitrogens with one attached hydrogen (secondary N) is 2. The van der Waals surface area contributed by atoms with Gasteiger partial charge in [-0.3, -0.25) is 0 Å². The second kappa shape index (κ2) is 11.2. The molecule has 7 rings (SSSR count). The number of aryl methyl sites for hydroxylation is 1. The van der Waals surface area contributed by atoms with E-state index in [9.17, 15) is 10.2 Å². The van der Waals surface area contributed by atoms with E-state index < -0.39 is 12.2 Å². The maximum absolute atomic E-state index is 11.0. The first-order chi connectivity index (χ1) is 20.7. The van der Waals surface area contributed by atoms with E-state index in [1.54, 1.807) is 0 Å². The number of imidazole rings is 1. The lowest BCUT2D eigenvalue weighted by Gasteiger charge is -2.47.